The van der Waals surface area contributed by atoms with Crippen molar-refractivity contribution in [1.82, 2.24) is 4.90 Å². The predicted octanol–water partition coefficient (Wildman–Crippen LogP) is 3.67. The van der Waals surface area contributed by atoms with Gasteiger partial charge in [-0.2, -0.15) is 4.57 Å². The van der Waals surface area contributed by atoms with Crippen LogP contribution in [0.1, 0.15) is 11.9 Å². The van der Waals surface area contributed by atoms with E-state index in [-0.39, 0.29) is 0 Å². The fourth-order valence-corrected chi connectivity index (χ4v) is 4.47. The summed E-state index contributed by atoms with van der Waals surface area (Å²) in [5.74, 6) is 0. The Kier molecular flexibility index (Phi) is 11.5. The van der Waals surface area contributed by atoms with Crippen LogP contribution in [0.3, 0.4) is 0 Å². The van der Waals surface area contributed by atoms with Gasteiger partial charge in [0.1, 0.15) is 11.2 Å². The lowest BCUT2D eigenvalue weighted by Gasteiger charge is -2.20. The van der Waals surface area contributed by atoms with Crippen molar-refractivity contribution < 1.29 is 23.5 Å². The molecule has 0 spiro atoms. The van der Waals surface area contributed by atoms with E-state index in [1.54, 1.807) is 0 Å². The number of aryl methyl sites for hydroxylation is 1. The number of para-hydroxylation sites is 1. The minimum absolute atomic E-state index is 0.598. The van der Waals surface area contributed by atoms with Crippen LogP contribution in [0.4, 0.5) is 0 Å². The second-order valence-corrected chi connectivity index (χ2v) is 8.29. The van der Waals surface area contributed by atoms with Crippen LogP contribution in [0.2, 0.25) is 0 Å². The Labute approximate surface area is 195 Å². The maximum atomic E-state index is 5.67. The molecule has 0 N–H and O–H groups in total. The van der Waals surface area contributed by atoms with Gasteiger partial charge in [0.05, 0.1) is 52.9 Å². The molecule has 0 aliphatic carbocycles. The average Bonchev–Trinajstić information content (AvgIpc) is 3.17. The molecular formula is C25H35N2O4S+. The van der Waals surface area contributed by atoms with E-state index in [0.29, 0.717) is 52.9 Å². The number of allylic oxidation sites excluding steroid dienone is 4. The lowest BCUT2D eigenvalue weighted by atomic mass is 10.3. The maximum Gasteiger partial charge on any atom is 0.262 e. The summed E-state index contributed by atoms with van der Waals surface area (Å²) in [6.45, 7) is 9.72. The van der Waals surface area contributed by atoms with Crippen LogP contribution in [-0.2, 0) is 25.5 Å². The van der Waals surface area contributed by atoms with Gasteiger partial charge < -0.3 is 23.8 Å². The Balaban J connectivity index is 1.50. The zero-order chi connectivity index (χ0) is 22.3. The number of rotatable bonds is 5. The fourth-order valence-electron chi connectivity index (χ4n) is 3.33. The first-order valence-electron chi connectivity index (χ1n) is 11.4. The molecule has 1 aromatic heterocycles. The number of hydrogen-bond acceptors (Lipinski definition) is 6. The van der Waals surface area contributed by atoms with Gasteiger partial charge in [0.2, 0.25) is 5.52 Å². The highest BCUT2D eigenvalue weighted by Crippen LogP contribution is 2.21. The summed E-state index contributed by atoms with van der Waals surface area (Å²) in [7, 11) is 0. The quantitative estimate of drug-likeness (QED) is 0.504. The topological polar surface area (TPSA) is 44.0 Å². The molecule has 7 heteroatoms. The van der Waals surface area contributed by atoms with E-state index in [0.717, 1.165) is 19.6 Å². The maximum absolute atomic E-state index is 5.67. The Morgan fingerprint density at radius 1 is 0.812 bits per heavy atom. The summed E-state index contributed by atoms with van der Waals surface area (Å²) in [5, 5.41) is 1.26. The summed E-state index contributed by atoms with van der Waals surface area (Å²) in [4.78, 5) is 2.21. The zero-order valence-corrected chi connectivity index (χ0v) is 19.8. The van der Waals surface area contributed by atoms with Crippen LogP contribution >= 0.6 is 11.3 Å². The lowest BCUT2D eigenvalue weighted by molar-refractivity contribution is -0.665. The van der Waals surface area contributed by atoms with Crippen molar-refractivity contribution in [3.05, 3.63) is 59.8 Å². The van der Waals surface area contributed by atoms with E-state index in [9.17, 15) is 0 Å². The largest absolute Gasteiger partial charge is 0.377 e. The molecule has 1 fully saturated rings. The Bertz CT molecular complexity index is 862. The molecule has 2 aromatic rings. The van der Waals surface area contributed by atoms with Gasteiger partial charge in [-0.1, -0.05) is 41.7 Å². The zero-order valence-electron chi connectivity index (χ0n) is 19.0. The predicted molar refractivity (Wildman–Crippen MR) is 130 cm³/mol. The number of aromatic nitrogens is 1. The lowest BCUT2D eigenvalue weighted by Crippen LogP contribution is -2.33. The molecule has 0 radical (unpaired) electrons. The molecule has 2 heterocycles. The third-order valence-electron chi connectivity index (χ3n) is 4.98. The fraction of sp³-hybridized carbons (Fsp3) is 0.480. The highest BCUT2D eigenvalue weighted by Gasteiger charge is 2.15. The molecule has 3 rings (SSSR count). The molecule has 0 amide bonds. The van der Waals surface area contributed by atoms with Gasteiger partial charge in [-0.3, -0.25) is 0 Å². The first-order valence-corrected chi connectivity index (χ1v) is 12.2. The molecule has 0 bridgehead atoms. The van der Waals surface area contributed by atoms with E-state index in [2.05, 4.69) is 77.2 Å². The van der Waals surface area contributed by atoms with E-state index in [1.165, 1.54) is 15.2 Å². The van der Waals surface area contributed by atoms with Crippen molar-refractivity contribution in [1.29, 1.82) is 0 Å². The molecule has 1 aromatic carbocycles. The Morgan fingerprint density at radius 3 is 2.06 bits per heavy atom. The number of hydrogen-bond donors (Lipinski definition) is 0. The van der Waals surface area contributed by atoms with Crippen molar-refractivity contribution >= 4 is 27.6 Å². The number of thiazole rings is 1. The van der Waals surface area contributed by atoms with Crippen molar-refractivity contribution in [3.8, 4) is 0 Å². The van der Waals surface area contributed by atoms with Gasteiger partial charge in [-0.05, 0) is 25.3 Å². The molecule has 0 atom stereocenters. The second kappa shape index (κ2) is 14.9. The van der Waals surface area contributed by atoms with Gasteiger partial charge in [0, 0.05) is 25.2 Å². The van der Waals surface area contributed by atoms with Crippen LogP contribution < -0.4 is 4.57 Å². The molecule has 0 unspecified atom stereocenters. The van der Waals surface area contributed by atoms with Gasteiger partial charge in [0.15, 0.2) is 0 Å². The van der Waals surface area contributed by atoms with Crippen molar-refractivity contribution in [3.63, 3.8) is 0 Å². The van der Waals surface area contributed by atoms with Crippen LogP contribution in [0.25, 0.3) is 16.3 Å². The highest BCUT2D eigenvalue weighted by atomic mass is 32.1. The number of ether oxygens (including phenoxy) is 4. The normalized spacial score (nSPS) is 18.6. The van der Waals surface area contributed by atoms with Gasteiger partial charge in [-0.25, -0.2) is 0 Å². The standard InChI is InChI=1S/C25H35N2O4S/c1-2-27-23-9-6-7-10-24(23)32-25(27)11-5-3-4-8-12-26-13-15-28-17-19-30-21-22-31-20-18-29-16-14-26/h3-12H,2,13-22H2,1H3/q+1. The van der Waals surface area contributed by atoms with E-state index in [1.807, 2.05) is 11.3 Å². The van der Waals surface area contributed by atoms with Gasteiger partial charge in [-0.15, -0.1) is 0 Å². The third-order valence-corrected chi connectivity index (χ3v) is 6.11. The first kappa shape index (κ1) is 24.6. The van der Waals surface area contributed by atoms with Crippen LogP contribution in [0.15, 0.2) is 54.8 Å². The second-order valence-electron chi connectivity index (χ2n) is 7.22. The average molecular weight is 460 g/mol. The Hall–Kier alpha value is -2.03. The van der Waals surface area contributed by atoms with E-state index < -0.39 is 0 Å². The molecule has 0 saturated carbocycles. The number of fused-ring (bicyclic) bond motifs is 1. The van der Waals surface area contributed by atoms with Crippen molar-refractivity contribution in [2.24, 2.45) is 0 Å². The number of benzene rings is 1. The summed E-state index contributed by atoms with van der Waals surface area (Å²) in [6.07, 6.45) is 12.5. The SMILES string of the molecule is CC[n+]1c(/C=C/C=C/C=C/N2CCOCCOCCOCCOCC2)sc2ccccc21. The molecule has 6 nitrogen and oxygen atoms in total. The third kappa shape index (κ3) is 8.48. The minimum atomic E-state index is 0.598. The molecule has 1 aliphatic rings. The molecule has 32 heavy (non-hydrogen) atoms. The monoisotopic (exact) mass is 459 g/mol. The first-order chi connectivity index (χ1) is 15.9. The minimum Gasteiger partial charge on any atom is -0.377 e. The van der Waals surface area contributed by atoms with Crippen molar-refractivity contribution in [2.45, 2.75) is 13.5 Å². The van der Waals surface area contributed by atoms with Gasteiger partial charge in [0.25, 0.3) is 5.01 Å². The molecule has 1 saturated heterocycles. The van der Waals surface area contributed by atoms with Crippen molar-refractivity contribution in [2.75, 3.05) is 65.9 Å². The molecule has 174 valence electrons. The van der Waals surface area contributed by atoms with Crippen LogP contribution in [0.5, 0.6) is 0 Å². The Morgan fingerprint density at radius 2 is 1.41 bits per heavy atom. The molecular weight excluding hydrogens is 424 g/mol. The van der Waals surface area contributed by atoms with E-state index in [4.69, 9.17) is 18.9 Å². The van der Waals surface area contributed by atoms with Gasteiger partial charge >= 0.3 is 0 Å². The summed E-state index contributed by atoms with van der Waals surface area (Å²) in [5.41, 5.74) is 1.29. The van der Waals surface area contributed by atoms with Crippen LogP contribution in [-0.4, -0.2) is 70.8 Å². The smallest absolute Gasteiger partial charge is 0.262 e. The summed E-state index contributed by atoms with van der Waals surface area (Å²) >= 11 is 1.82. The summed E-state index contributed by atoms with van der Waals surface area (Å²) in [6, 6.07) is 8.55. The van der Waals surface area contributed by atoms with Crippen LogP contribution in [0, 0.1) is 0 Å². The highest BCUT2D eigenvalue weighted by molar-refractivity contribution is 7.18. The number of nitrogens with zero attached hydrogens (tertiary/aromatic N) is 2. The van der Waals surface area contributed by atoms with E-state index >= 15 is 0 Å². The molecule has 1 aliphatic heterocycles. The summed E-state index contributed by atoms with van der Waals surface area (Å²) < 4.78 is 25.9.